The number of carboxylic acids is 1. The van der Waals surface area contributed by atoms with Gasteiger partial charge in [0, 0.05) is 7.05 Å². The molecule has 1 heterocycles. The molecular weight excluding hydrogens is 190 g/mol. The Hall–Kier alpha value is -1.92. The summed E-state index contributed by atoms with van der Waals surface area (Å²) < 4.78 is 1.21. The van der Waals surface area contributed by atoms with E-state index in [0.29, 0.717) is 0 Å². The van der Waals surface area contributed by atoms with E-state index >= 15 is 0 Å². The van der Waals surface area contributed by atoms with Gasteiger partial charge >= 0.3 is 11.7 Å². The fraction of sp³-hybridized carbons (Fsp3) is 0.429. The summed E-state index contributed by atoms with van der Waals surface area (Å²) in [6.45, 7) is 1.38. The van der Waals surface area contributed by atoms with Gasteiger partial charge in [-0.05, 0) is 6.92 Å². The minimum Gasteiger partial charge on any atom is -0.481 e. The summed E-state index contributed by atoms with van der Waals surface area (Å²) in [6.07, 6.45) is 1.05. The van der Waals surface area contributed by atoms with Crippen LogP contribution in [0.3, 0.4) is 0 Å². The lowest BCUT2D eigenvalue weighted by molar-refractivity contribution is -0.385. The second-order valence-corrected chi connectivity index (χ2v) is 2.86. The minimum absolute atomic E-state index is 0.0995. The van der Waals surface area contributed by atoms with Crippen molar-refractivity contribution in [2.24, 2.45) is 7.05 Å². The van der Waals surface area contributed by atoms with E-state index in [9.17, 15) is 14.9 Å². The third-order valence-electron chi connectivity index (χ3n) is 1.94. The summed E-state index contributed by atoms with van der Waals surface area (Å²) in [7, 11) is 1.47. The standard InChI is InChI=1S/C7H9N3O4/c1-4(7(11)12)6-5(10(13)14)3-8-9(6)2/h3-4H,1-2H3,(H,11,12). The molecule has 0 spiro atoms. The van der Waals surface area contributed by atoms with Gasteiger partial charge in [-0.3, -0.25) is 19.6 Å². The number of nitrogens with zero attached hydrogens (tertiary/aromatic N) is 3. The normalized spacial score (nSPS) is 12.4. The van der Waals surface area contributed by atoms with Gasteiger partial charge in [-0.2, -0.15) is 5.10 Å². The monoisotopic (exact) mass is 199 g/mol. The maximum Gasteiger partial charge on any atom is 0.312 e. The Morgan fingerprint density at radius 1 is 1.79 bits per heavy atom. The van der Waals surface area contributed by atoms with Crippen LogP contribution >= 0.6 is 0 Å². The number of nitro groups is 1. The number of hydrogen-bond donors (Lipinski definition) is 1. The molecule has 0 bridgehead atoms. The molecule has 0 aliphatic carbocycles. The molecule has 0 saturated heterocycles. The number of aryl methyl sites for hydroxylation is 1. The zero-order valence-corrected chi connectivity index (χ0v) is 7.67. The molecule has 7 nitrogen and oxygen atoms in total. The Bertz CT molecular complexity index is 384. The fourth-order valence-electron chi connectivity index (χ4n) is 1.20. The molecule has 0 amide bonds. The molecule has 76 valence electrons. The van der Waals surface area contributed by atoms with E-state index in [1.807, 2.05) is 0 Å². The van der Waals surface area contributed by atoms with E-state index in [1.165, 1.54) is 18.7 Å². The van der Waals surface area contributed by atoms with Gasteiger partial charge in [0.25, 0.3) is 0 Å². The van der Waals surface area contributed by atoms with Crippen LogP contribution in [0.5, 0.6) is 0 Å². The van der Waals surface area contributed by atoms with Crippen LogP contribution in [-0.4, -0.2) is 25.8 Å². The lowest BCUT2D eigenvalue weighted by Crippen LogP contribution is -2.13. The molecule has 7 heteroatoms. The van der Waals surface area contributed by atoms with Gasteiger partial charge in [0.15, 0.2) is 0 Å². The first-order chi connectivity index (χ1) is 6.45. The van der Waals surface area contributed by atoms with Gasteiger partial charge < -0.3 is 5.11 Å². The van der Waals surface area contributed by atoms with Crippen molar-refractivity contribution in [1.29, 1.82) is 0 Å². The Labute approximate surface area is 79.1 Å². The molecule has 0 aliphatic rings. The smallest absolute Gasteiger partial charge is 0.312 e. The predicted octanol–water partition coefficient (Wildman–Crippen LogP) is 0.516. The molecule has 1 unspecified atom stereocenters. The van der Waals surface area contributed by atoms with E-state index in [4.69, 9.17) is 5.11 Å². The summed E-state index contributed by atoms with van der Waals surface area (Å²) >= 11 is 0. The lowest BCUT2D eigenvalue weighted by atomic mass is 10.1. The summed E-state index contributed by atoms with van der Waals surface area (Å²) in [5, 5.41) is 22.9. The Morgan fingerprint density at radius 2 is 2.36 bits per heavy atom. The maximum atomic E-state index is 10.7. The Kier molecular flexibility index (Phi) is 2.50. The van der Waals surface area contributed by atoms with Gasteiger partial charge in [0.2, 0.25) is 0 Å². The van der Waals surface area contributed by atoms with Gasteiger partial charge in [-0.15, -0.1) is 0 Å². The van der Waals surface area contributed by atoms with Gasteiger partial charge in [0.05, 0.1) is 4.92 Å². The highest BCUT2D eigenvalue weighted by Gasteiger charge is 2.28. The van der Waals surface area contributed by atoms with Crippen molar-refractivity contribution in [1.82, 2.24) is 9.78 Å². The van der Waals surface area contributed by atoms with Crippen LogP contribution in [0, 0.1) is 10.1 Å². The van der Waals surface area contributed by atoms with Crippen LogP contribution in [0.2, 0.25) is 0 Å². The quantitative estimate of drug-likeness (QED) is 0.565. The van der Waals surface area contributed by atoms with Crippen molar-refractivity contribution in [2.75, 3.05) is 0 Å². The molecule has 1 aromatic heterocycles. The summed E-state index contributed by atoms with van der Waals surface area (Å²) in [5.41, 5.74) is -0.162. The van der Waals surface area contributed by atoms with Crippen LogP contribution in [0.15, 0.2) is 6.20 Å². The largest absolute Gasteiger partial charge is 0.481 e. The highest BCUT2D eigenvalue weighted by molar-refractivity contribution is 5.76. The third kappa shape index (κ3) is 1.56. The number of hydrogen-bond acceptors (Lipinski definition) is 4. The lowest BCUT2D eigenvalue weighted by Gasteiger charge is -2.05. The number of aliphatic carboxylic acids is 1. The molecule has 1 aromatic rings. The molecule has 0 fully saturated rings. The molecule has 1 N–H and O–H groups in total. The van der Waals surface area contributed by atoms with Crippen molar-refractivity contribution >= 4 is 11.7 Å². The van der Waals surface area contributed by atoms with Crippen LogP contribution in [0.25, 0.3) is 0 Å². The summed E-state index contributed by atoms with van der Waals surface area (Å²) in [4.78, 5) is 20.5. The zero-order chi connectivity index (χ0) is 10.9. The number of rotatable bonds is 3. The van der Waals surface area contributed by atoms with Crippen molar-refractivity contribution in [3.05, 3.63) is 22.0 Å². The summed E-state index contributed by atoms with van der Waals surface area (Å²) in [6, 6.07) is 0. The topological polar surface area (TPSA) is 98.3 Å². The van der Waals surface area contributed by atoms with Crippen LogP contribution in [-0.2, 0) is 11.8 Å². The molecular formula is C7H9N3O4. The zero-order valence-electron chi connectivity index (χ0n) is 7.67. The van der Waals surface area contributed by atoms with Crippen molar-refractivity contribution in [3.8, 4) is 0 Å². The van der Waals surface area contributed by atoms with Gasteiger partial charge in [-0.25, -0.2) is 0 Å². The number of aromatic nitrogens is 2. The maximum absolute atomic E-state index is 10.7. The van der Waals surface area contributed by atoms with E-state index in [0.717, 1.165) is 6.20 Å². The molecule has 0 aromatic carbocycles. The molecule has 1 atom stereocenters. The van der Waals surface area contributed by atoms with E-state index < -0.39 is 16.8 Å². The van der Waals surface area contributed by atoms with Crippen molar-refractivity contribution in [2.45, 2.75) is 12.8 Å². The first-order valence-corrected chi connectivity index (χ1v) is 3.84. The molecule has 0 radical (unpaired) electrons. The molecule has 0 aliphatic heterocycles. The predicted molar refractivity (Wildman–Crippen MR) is 45.9 cm³/mol. The van der Waals surface area contributed by atoms with Crippen molar-refractivity contribution in [3.63, 3.8) is 0 Å². The Morgan fingerprint density at radius 3 is 2.79 bits per heavy atom. The molecule has 1 rings (SSSR count). The average Bonchev–Trinajstić information content (AvgIpc) is 2.45. The second kappa shape index (κ2) is 3.44. The first-order valence-electron chi connectivity index (χ1n) is 3.84. The summed E-state index contributed by atoms with van der Waals surface area (Å²) in [5.74, 6) is -2.06. The van der Waals surface area contributed by atoms with Crippen LogP contribution in [0.4, 0.5) is 5.69 Å². The van der Waals surface area contributed by atoms with Crippen LogP contribution < -0.4 is 0 Å². The Balaban J connectivity index is 3.24. The second-order valence-electron chi connectivity index (χ2n) is 2.86. The highest BCUT2D eigenvalue weighted by atomic mass is 16.6. The minimum atomic E-state index is -1.11. The van der Waals surface area contributed by atoms with Crippen LogP contribution in [0.1, 0.15) is 18.5 Å². The SMILES string of the molecule is CC(C(=O)O)c1c([N+](=O)[O-])cnn1C. The van der Waals surface area contributed by atoms with E-state index in [-0.39, 0.29) is 11.4 Å². The number of carboxylic acid groups (broad SMARTS) is 1. The van der Waals surface area contributed by atoms with Gasteiger partial charge in [0.1, 0.15) is 17.8 Å². The highest BCUT2D eigenvalue weighted by Crippen LogP contribution is 2.25. The van der Waals surface area contributed by atoms with Gasteiger partial charge in [-0.1, -0.05) is 0 Å². The molecule has 0 saturated carbocycles. The third-order valence-corrected chi connectivity index (χ3v) is 1.94. The fourth-order valence-corrected chi connectivity index (χ4v) is 1.20. The van der Waals surface area contributed by atoms with Crippen molar-refractivity contribution < 1.29 is 14.8 Å². The first kappa shape index (κ1) is 10.2. The average molecular weight is 199 g/mol. The van der Waals surface area contributed by atoms with E-state index in [1.54, 1.807) is 0 Å². The molecule has 14 heavy (non-hydrogen) atoms. The number of carbonyl (C=O) groups is 1. The van der Waals surface area contributed by atoms with E-state index in [2.05, 4.69) is 5.10 Å².